The summed E-state index contributed by atoms with van der Waals surface area (Å²) in [6, 6.07) is -1.43. The maximum Gasteiger partial charge on any atom is 0.335 e. The molecular weight excluding hydrogens is 526 g/mol. The third kappa shape index (κ3) is 6.24. The summed E-state index contributed by atoms with van der Waals surface area (Å²) in [4.78, 5) is 22.8. The fraction of sp³-hybridized carbons (Fsp3) is 0.900. The first-order valence-electron chi connectivity index (χ1n) is 11.6. The van der Waals surface area contributed by atoms with Crippen molar-refractivity contribution in [1.29, 1.82) is 0 Å². The molecule has 38 heavy (non-hydrogen) atoms. The average Bonchev–Trinajstić information content (AvgIpc) is 2.86. The zero-order valence-corrected chi connectivity index (χ0v) is 19.9. The molecule has 0 aromatic carbocycles. The van der Waals surface area contributed by atoms with Crippen LogP contribution in [0.2, 0.25) is 0 Å². The predicted molar refractivity (Wildman–Crippen MR) is 113 cm³/mol. The van der Waals surface area contributed by atoms with Crippen molar-refractivity contribution in [3.05, 3.63) is 0 Å². The number of amides is 1. The van der Waals surface area contributed by atoms with Crippen molar-refractivity contribution in [2.24, 2.45) is 0 Å². The summed E-state index contributed by atoms with van der Waals surface area (Å²) < 4.78 is 26.5. The normalized spacial score (nSPS) is 47.9. The van der Waals surface area contributed by atoms with Crippen LogP contribution < -0.4 is 5.32 Å². The Balaban J connectivity index is 1.82. The molecule has 0 radical (unpaired) electrons. The number of carbonyl (C=O) groups is 2. The van der Waals surface area contributed by atoms with E-state index in [4.69, 9.17) is 23.7 Å². The number of ether oxygens (including phenoxy) is 5. The topological polar surface area (TPSA) is 295 Å². The van der Waals surface area contributed by atoms with E-state index in [0.29, 0.717) is 0 Å². The molecular formula is C20H33NO17. The number of carbonyl (C=O) groups excluding carboxylic acids is 1. The fourth-order valence-electron chi connectivity index (χ4n) is 4.44. The van der Waals surface area contributed by atoms with Crippen LogP contribution in [0.3, 0.4) is 0 Å². The van der Waals surface area contributed by atoms with Gasteiger partial charge in [0.2, 0.25) is 5.91 Å². The lowest BCUT2D eigenvalue weighted by atomic mass is 9.95. The molecule has 3 fully saturated rings. The number of hydrogen-bond acceptors (Lipinski definition) is 16. The highest BCUT2D eigenvalue weighted by molar-refractivity contribution is 5.73. The zero-order valence-electron chi connectivity index (χ0n) is 19.9. The smallest absolute Gasteiger partial charge is 0.335 e. The summed E-state index contributed by atoms with van der Waals surface area (Å²) in [5, 5.41) is 103. The van der Waals surface area contributed by atoms with Crippen LogP contribution in [-0.4, -0.2) is 168 Å². The largest absolute Gasteiger partial charge is 0.479 e. The van der Waals surface area contributed by atoms with Crippen molar-refractivity contribution >= 4 is 11.9 Å². The van der Waals surface area contributed by atoms with Crippen molar-refractivity contribution in [1.82, 2.24) is 5.32 Å². The molecule has 1 unspecified atom stereocenters. The van der Waals surface area contributed by atoms with Gasteiger partial charge in [0.05, 0.1) is 13.2 Å². The lowest BCUT2D eigenvalue weighted by Crippen LogP contribution is -2.68. The first-order valence-corrected chi connectivity index (χ1v) is 11.6. The molecule has 0 saturated carbocycles. The first kappa shape index (κ1) is 30.9. The fourth-order valence-corrected chi connectivity index (χ4v) is 4.44. The summed E-state index contributed by atoms with van der Waals surface area (Å²) in [6.07, 6.45) is -25.7. The Kier molecular flexibility index (Phi) is 10.3. The van der Waals surface area contributed by atoms with Gasteiger partial charge in [-0.05, 0) is 0 Å². The van der Waals surface area contributed by atoms with Crippen LogP contribution in [-0.2, 0) is 33.3 Å². The second-order valence-electron chi connectivity index (χ2n) is 9.11. The van der Waals surface area contributed by atoms with E-state index < -0.39 is 117 Å². The molecule has 3 heterocycles. The lowest BCUT2D eigenvalue weighted by Gasteiger charge is -2.48. The van der Waals surface area contributed by atoms with Gasteiger partial charge in [0.25, 0.3) is 0 Å². The number of aliphatic carboxylic acids is 1. The molecule has 3 aliphatic rings. The molecule has 0 aliphatic carbocycles. The monoisotopic (exact) mass is 559 g/mol. The molecule has 0 aromatic rings. The van der Waals surface area contributed by atoms with Gasteiger partial charge >= 0.3 is 5.97 Å². The van der Waals surface area contributed by atoms with E-state index in [0.717, 1.165) is 6.92 Å². The van der Waals surface area contributed by atoms with Crippen molar-refractivity contribution < 1.29 is 84.3 Å². The van der Waals surface area contributed by atoms with Crippen LogP contribution in [0.5, 0.6) is 0 Å². The maximum absolute atomic E-state index is 11.5. The second-order valence-corrected chi connectivity index (χ2v) is 9.11. The van der Waals surface area contributed by atoms with Crippen LogP contribution in [0.15, 0.2) is 0 Å². The van der Waals surface area contributed by atoms with E-state index in [9.17, 15) is 60.7 Å². The minimum Gasteiger partial charge on any atom is -0.479 e. The number of aliphatic hydroxyl groups is 9. The highest BCUT2D eigenvalue weighted by Crippen LogP contribution is 2.32. The van der Waals surface area contributed by atoms with Crippen molar-refractivity contribution in [2.75, 3.05) is 13.2 Å². The van der Waals surface area contributed by atoms with E-state index in [1.165, 1.54) is 0 Å². The van der Waals surface area contributed by atoms with Gasteiger partial charge in [0.1, 0.15) is 67.1 Å². The minimum atomic E-state index is -2.05. The van der Waals surface area contributed by atoms with Gasteiger partial charge in [-0.1, -0.05) is 0 Å². The molecule has 0 aromatic heterocycles. The second kappa shape index (κ2) is 12.7. The Bertz CT molecular complexity index is 818. The van der Waals surface area contributed by atoms with E-state index >= 15 is 0 Å². The summed E-state index contributed by atoms with van der Waals surface area (Å²) >= 11 is 0. The van der Waals surface area contributed by atoms with Crippen LogP contribution in [0.4, 0.5) is 0 Å². The quantitative estimate of drug-likeness (QED) is 0.132. The third-order valence-corrected chi connectivity index (χ3v) is 6.46. The Labute approximate surface area is 214 Å². The molecule has 11 N–H and O–H groups in total. The number of aliphatic hydroxyl groups excluding tert-OH is 9. The van der Waals surface area contributed by atoms with Gasteiger partial charge in [0, 0.05) is 6.92 Å². The molecule has 0 spiro atoms. The molecule has 15 atom stereocenters. The van der Waals surface area contributed by atoms with Crippen molar-refractivity contribution in [3.8, 4) is 0 Å². The summed E-state index contributed by atoms with van der Waals surface area (Å²) in [5.41, 5.74) is 0. The molecule has 18 heteroatoms. The van der Waals surface area contributed by atoms with Gasteiger partial charge in [0.15, 0.2) is 25.0 Å². The highest BCUT2D eigenvalue weighted by atomic mass is 16.7. The number of hydrogen-bond donors (Lipinski definition) is 11. The average molecular weight is 559 g/mol. The SMILES string of the molecule is CC(=O)N[C@H]1C(O)O[C@H](CO)[C@@H](O[C@@H]2O[C@H](CO)[C@H](O)[C@H](O[C@@H]3O[C@H](C(=O)O)[C@@H](O)[C@H](O)[C@H]3O)[C@H]2O)[C@@H]1O. The van der Waals surface area contributed by atoms with Crippen LogP contribution >= 0.6 is 0 Å². The Morgan fingerprint density at radius 2 is 1.29 bits per heavy atom. The van der Waals surface area contributed by atoms with Crippen LogP contribution in [0.25, 0.3) is 0 Å². The Morgan fingerprint density at radius 1 is 0.711 bits per heavy atom. The number of carboxylic acid groups (broad SMARTS) is 1. The minimum absolute atomic E-state index is 0.651. The molecule has 18 nitrogen and oxygen atoms in total. The number of rotatable bonds is 8. The van der Waals surface area contributed by atoms with E-state index in [1.807, 2.05) is 0 Å². The van der Waals surface area contributed by atoms with Gasteiger partial charge in [-0.2, -0.15) is 0 Å². The summed E-state index contributed by atoms with van der Waals surface area (Å²) in [6.45, 7) is -0.580. The van der Waals surface area contributed by atoms with E-state index in [-0.39, 0.29) is 0 Å². The molecule has 1 amide bonds. The molecule has 0 bridgehead atoms. The highest BCUT2D eigenvalue weighted by Gasteiger charge is 2.54. The number of nitrogens with one attached hydrogen (secondary N) is 1. The van der Waals surface area contributed by atoms with Crippen LogP contribution in [0.1, 0.15) is 6.92 Å². The van der Waals surface area contributed by atoms with Gasteiger partial charge < -0.3 is 80.1 Å². The Hall–Kier alpha value is -1.62. The Morgan fingerprint density at radius 3 is 1.84 bits per heavy atom. The first-order chi connectivity index (χ1) is 17.8. The number of carboxylic acids is 1. The van der Waals surface area contributed by atoms with Crippen molar-refractivity contribution in [3.63, 3.8) is 0 Å². The molecule has 3 rings (SSSR count). The van der Waals surface area contributed by atoms with Crippen molar-refractivity contribution in [2.45, 2.75) is 99.0 Å². The van der Waals surface area contributed by atoms with E-state index in [1.54, 1.807) is 0 Å². The molecule has 3 saturated heterocycles. The molecule has 3 aliphatic heterocycles. The predicted octanol–water partition coefficient (Wildman–Crippen LogP) is -7.34. The van der Waals surface area contributed by atoms with Crippen LogP contribution in [0, 0.1) is 0 Å². The third-order valence-electron chi connectivity index (χ3n) is 6.46. The lowest BCUT2D eigenvalue weighted by molar-refractivity contribution is -0.372. The standard InChI is InChI=1S/C20H33NO17/c1-4(24)21-7-9(26)14(6(3-23)34-18(7)33)36-20-13(30)15(8(25)5(2-22)35-20)37-19-12(29)10(27)11(28)16(38-19)17(31)32/h5-16,18-20,22-23,25-30,33H,2-3H2,1H3,(H,21,24)(H,31,32)/t5-,6-,7-,8+,9-,10+,11+,12-,13-,14-,15+,16+,18?,19-,20+/m1/s1. The zero-order chi connectivity index (χ0) is 28.5. The van der Waals surface area contributed by atoms with Gasteiger partial charge in [-0.3, -0.25) is 4.79 Å². The maximum atomic E-state index is 11.5. The van der Waals surface area contributed by atoms with E-state index in [2.05, 4.69) is 5.32 Å². The van der Waals surface area contributed by atoms with Gasteiger partial charge in [-0.25, -0.2) is 4.79 Å². The summed E-state index contributed by atoms with van der Waals surface area (Å²) in [7, 11) is 0. The van der Waals surface area contributed by atoms with Gasteiger partial charge in [-0.15, -0.1) is 0 Å². The summed E-state index contributed by atoms with van der Waals surface area (Å²) in [5.74, 6) is -2.36. The molecule has 220 valence electrons.